The first-order valence-electron chi connectivity index (χ1n) is 9.47. The van der Waals surface area contributed by atoms with Crippen molar-refractivity contribution in [1.82, 2.24) is 4.90 Å². The summed E-state index contributed by atoms with van der Waals surface area (Å²) < 4.78 is 0.980. The standard InChI is InChI=1S/C21H21BrN2O3/c1-9-10(2)16(6-5-15(9)22)23-17(25)8-24-20(26)18-11-3-4-12(14-7-13(11)14)19(18)21(24)27/h3-6,11-14,18-19H,7-8H2,1-2H3,(H,23,25)/t11-,12-,13-,14-,18+,19+/m0/s1. The summed E-state index contributed by atoms with van der Waals surface area (Å²) in [6.07, 6.45) is 5.42. The number of amides is 3. The number of nitrogens with one attached hydrogen (secondary N) is 1. The Kier molecular flexibility index (Phi) is 3.67. The largest absolute Gasteiger partial charge is 0.324 e. The Morgan fingerprint density at radius 3 is 2.26 bits per heavy atom. The van der Waals surface area contributed by atoms with E-state index in [2.05, 4.69) is 33.4 Å². The molecule has 6 heteroatoms. The maximum atomic E-state index is 12.9. The van der Waals surface area contributed by atoms with Crippen LogP contribution in [0.5, 0.6) is 0 Å². The van der Waals surface area contributed by atoms with E-state index in [1.807, 2.05) is 26.0 Å². The fourth-order valence-electron chi connectivity index (χ4n) is 5.43. The molecule has 2 bridgehead atoms. The molecule has 1 saturated heterocycles. The summed E-state index contributed by atoms with van der Waals surface area (Å²) in [4.78, 5) is 39.7. The van der Waals surface area contributed by atoms with Gasteiger partial charge in [0.1, 0.15) is 6.54 Å². The molecule has 6 atom stereocenters. The van der Waals surface area contributed by atoms with Gasteiger partial charge in [-0.1, -0.05) is 28.1 Å². The van der Waals surface area contributed by atoms with E-state index in [9.17, 15) is 14.4 Å². The average Bonchev–Trinajstić information content (AvgIpc) is 3.43. The quantitative estimate of drug-likeness (QED) is 0.594. The summed E-state index contributed by atoms with van der Waals surface area (Å²) in [5.41, 5.74) is 2.72. The molecular formula is C21H21BrN2O3. The summed E-state index contributed by atoms with van der Waals surface area (Å²) in [6.45, 7) is 3.71. The second-order valence-electron chi connectivity index (χ2n) is 8.31. The molecule has 1 N–H and O–H groups in total. The van der Waals surface area contributed by atoms with Crippen molar-refractivity contribution in [3.63, 3.8) is 0 Å². The lowest BCUT2D eigenvalue weighted by Crippen LogP contribution is -2.40. The molecule has 0 unspecified atom stereocenters. The Bertz CT molecular complexity index is 888. The zero-order valence-electron chi connectivity index (χ0n) is 15.2. The van der Waals surface area contributed by atoms with Crippen LogP contribution in [0.1, 0.15) is 17.5 Å². The van der Waals surface area contributed by atoms with Gasteiger partial charge in [0, 0.05) is 10.2 Å². The van der Waals surface area contributed by atoms with Crippen molar-refractivity contribution in [2.45, 2.75) is 20.3 Å². The molecule has 0 spiro atoms. The molecule has 27 heavy (non-hydrogen) atoms. The number of allylic oxidation sites excluding steroid dienone is 2. The molecule has 6 rings (SSSR count). The van der Waals surface area contributed by atoms with Crippen LogP contribution >= 0.6 is 15.9 Å². The predicted molar refractivity (Wildman–Crippen MR) is 104 cm³/mol. The number of halogens is 1. The summed E-state index contributed by atoms with van der Waals surface area (Å²) in [5.74, 6) is 0.367. The van der Waals surface area contributed by atoms with Crippen LogP contribution in [0.25, 0.3) is 0 Å². The number of carbonyl (C=O) groups excluding carboxylic acids is 3. The maximum absolute atomic E-state index is 12.9. The van der Waals surface area contributed by atoms with E-state index in [1.165, 1.54) is 4.90 Å². The number of likely N-dealkylation sites (tertiary alicyclic amines) is 1. The Morgan fingerprint density at radius 1 is 1.07 bits per heavy atom. The van der Waals surface area contributed by atoms with E-state index < -0.39 is 0 Å². The Hall–Kier alpha value is -1.95. The smallest absolute Gasteiger partial charge is 0.244 e. The van der Waals surface area contributed by atoms with Gasteiger partial charge < -0.3 is 5.32 Å². The van der Waals surface area contributed by atoms with E-state index in [1.54, 1.807) is 0 Å². The Balaban J connectivity index is 1.33. The third-order valence-electron chi connectivity index (χ3n) is 7.05. The molecule has 0 aromatic heterocycles. The molecule has 3 amide bonds. The van der Waals surface area contributed by atoms with Crippen molar-refractivity contribution < 1.29 is 14.4 Å². The highest BCUT2D eigenvalue weighted by molar-refractivity contribution is 9.10. The fourth-order valence-corrected chi connectivity index (χ4v) is 5.86. The number of hydrogen-bond acceptors (Lipinski definition) is 3. The number of carbonyl (C=O) groups is 3. The van der Waals surface area contributed by atoms with Gasteiger partial charge in [-0.15, -0.1) is 0 Å². The van der Waals surface area contributed by atoms with Crippen molar-refractivity contribution in [2.24, 2.45) is 35.5 Å². The van der Waals surface area contributed by atoms with E-state index in [0.717, 1.165) is 22.0 Å². The predicted octanol–water partition coefficient (Wildman–Crippen LogP) is 3.06. The molecule has 5 nitrogen and oxygen atoms in total. The topological polar surface area (TPSA) is 66.5 Å². The number of benzene rings is 1. The van der Waals surface area contributed by atoms with Crippen molar-refractivity contribution in [2.75, 3.05) is 11.9 Å². The van der Waals surface area contributed by atoms with Crippen LogP contribution in [0.4, 0.5) is 5.69 Å². The number of rotatable bonds is 3. The third-order valence-corrected chi connectivity index (χ3v) is 7.91. The maximum Gasteiger partial charge on any atom is 0.244 e. The van der Waals surface area contributed by atoms with Crippen LogP contribution < -0.4 is 5.32 Å². The summed E-state index contributed by atoms with van der Waals surface area (Å²) >= 11 is 3.48. The lowest BCUT2D eigenvalue weighted by Gasteiger charge is -2.37. The lowest BCUT2D eigenvalue weighted by atomic mass is 9.63. The molecule has 3 fully saturated rings. The second-order valence-corrected chi connectivity index (χ2v) is 9.16. The molecule has 1 aliphatic heterocycles. The average molecular weight is 429 g/mol. The zero-order chi connectivity index (χ0) is 19.0. The highest BCUT2D eigenvalue weighted by Gasteiger charge is 2.67. The molecule has 4 aliphatic carbocycles. The number of anilines is 1. The molecule has 1 aromatic carbocycles. The normalized spacial score (nSPS) is 35.3. The summed E-state index contributed by atoms with van der Waals surface area (Å²) in [5, 5.41) is 2.86. The highest BCUT2D eigenvalue weighted by atomic mass is 79.9. The first-order valence-corrected chi connectivity index (χ1v) is 10.3. The zero-order valence-corrected chi connectivity index (χ0v) is 16.8. The summed E-state index contributed by atoms with van der Waals surface area (Å²) in [6, 6.07) is 3.71. The first-order chi connectivity index (χ1) is 12.9. The Morgan fingerprint density at radius 2 is 1.67 bits per heavy atom. The highest BCUT2D eigenvalue weighted by Crippen LogP contribution is 2.65. The van der Waals surface area contributed by atoms with E-state index in [-0.39, 0.29) is 47.9 Å². The molecular weight excluding hydrogens is 408 g/mol. The number of hydrogen-bond donors (Lipinski definition) is 1. The van der Waals surface area contributed by atoms with Crippen LogP contribution in [0.2, 0.25) is 0 Å². The van der Waals surface area contributed by atoms with Crippen molar-refractivity contribution in [3.8, 4) is 0 Å². The van der Waals surface area contributed by atoms with Gasteiger partial charge in [0.05, 0.1) is 11.8 Å². The molecule has 1 heterocycles. The van der Waals surface area contributed by atoms with Gasteiger partial charge in [-0.25, -0.2) is 0 Å². The van der Waals surface area contributed by atoms with Crippen LogP contribution in [-0.4, -0.2) is 29.2 Å². The third kappa shape index (κ3) is 2.38. The van der Waals surface area contributed by atoms with Crippen molar-refractivity contribution in [1.29, 1.82) is 0 Å². The van der Waals surface area contributed by atoms with Crippen LogP contribution in [0.15, 0.2) is 28.8 Å². The Labute approximate surface area is 166 Å². The van der Waals surface area contributed by atoms with Crippen LogP contribution in [-0.2, 0) is 14.4 Å². The van der Waals surface area contributed by atoms with Gasteiger partial charge in [-0.3, -0.25) is 19.3 Å². The van der Waals surface area contributed by atoms with Gasteiger partial charge in [-0.05, 0) is 67.2 Å². The van der Waals surface area contributed by atoms with Gasteiger partial charge >= 0.3 is 0 Å². The van der Waals surface area contributed by atoms with E-state index >= 15 is 0 Å². The first kappa shape index (κ1) is 17.2. The monoisotopic (exact) mass is 428 g/mol. The van der Waals surface area contributed by atoms with Crippen LogP contribution in [0, 0.1) is 49.4 Å². The minimum atomic E-state index is -0.328. The minimum absolute atomic E-state index is 0.159. The van der Waals surface area contributed by atoms with Gasteiger partial charge in [0.2, 0.25) is 17.7 Å². The summed E-state index contributed by atoms with van der Waals surface area (Å²) in [7, 11) is 0. The number of imide groups is 1. The second kappa shape index (κ2) is 5.77. The lowest BCUT2D eigenvalue weighted by molar-refractivity contribution is -0.142. The minimum Gasteiger partial charge on any atom is -0.324 e. The van der Waals surface area contributed by atoms with Crippen molar-refractivity contribution in [3.05, 3.63) is 39.9 Å². The fraction of sp³-hybridized carbons (Fsp3) is 0.476. The van der Waals surface area contributed by atoms with E-state index in [0.29, 0.717) is 17.5 Å². The van der Waals surface area contributed by atoms with E-state index in [4.69, 9.17) is 0 Å². The SMILES string of the molecule is Cc1c(Br)ccc(NC(=O)CN2C(=O)[C@@H]3[C@H]4C=C[C@@H]([C@@H]5C[C@@H]45)[C@H]3C2=O)c1C. The molecule has 0 radical (unpaired) electrons. The number of nitrogens with zero attached hydrogens (tertiary/aromatic N) is 1. The van der Waals surface area contributed by atoms with Crippen molar-refractivity contribution >= 4 is 39.3 Å². The molecule has 1 aromatic rings. The van der Waals surface area contributed by atoms with Gasteiger partial charge in [-0.2, -0.15) is 0 Å². The molecule has 5 aliphatic rings. The molecule has 2 saturated carbocycles. The molecule has 140 valence electrons. The van der Waals surface area contributed by atoms with Crippen LogP contribution in [0.3, 0.4) is 0 Å². The van der Waals surface area contributed by atoms with Gasteiger partial charge in [0.15, 0.2) is 0 Å². The van der Waals surface area contributed by atoms with Gasteiger partial charge in [0.25, 0.3) is 0 Å².